The highest BCUT2D eigenvalue weighted by Crippen LogP contribution is 2.30. The maximum Gasteiger partial charge on any atom is 0.488 e. The molecule has 2 amide bonds. The molecule has 170 valence electrons. The van der Waals surface area contributed by atoms with Gasteiger partial charge in [-0.05, 0) is 63.6 Å². The highest BCUT2D eigenvalue weighted by atomic mass is 16.6. The summed E-state index contributed by atoms with van der Waals surface area (Å²) in [5, 5.41) is 24.1. The van der Waals surface area contributed by atoms with Crippen LogP contribution in [0.1, 0.15) is 52.5 Å². The molecule has 1 aromatic rings. The van der Waals surface area contributed by atoms with E-state index in [4.69, 9.17) is 9.47 Å². The minimum Gasteiger partial charge on any atom is -0.499 e. The van der Waals surface area contributed by atoms with Gasteiger partial charge in [0.25, 0.3) is 0 Å². The molecule has 0 saturated heterocycles. The molecule has 0 aliphatic heterocycles. The molecule has 1 fully saturated rings. The van der Waals surface area contributed by atoms with Crippen LogP contribution >= 0.6 is 0 Å². The maximum absolute atomic E-state index is 13.0. The van der Waals surface area contributed by atoms with Crippen LogP contribution in [-0.4, -0.2) is 54.0 Å². The predicted molar refractivity (Wildman–Crippen MR) is 119 cm³/mol. The Hall–Kier alpha value is -2.52. The van der Waals surface area contributed by atoms with Crippen LogP contribution in [0.4, 0.5) is 4.79 Å². The fraction of sp³-hybridized carbons (Fsp3) is 0.545. The summed E-state index contributed by atoms with van der Waals surface area (Å²) in [4.78, 5) is 25.4. The standard InChI is InChI=1S/C22H33BN2O6/c1-14(19(30-5)16-7-6-8-16)24-20(26)18(25-21(27)31-22(2,3)4)13-15-9-11-17(12-10-15)23(28)29/h9-12,14,18,28-29H,6-8,13H2,1-5H3,(H,24,26)(H,25,27). The Morgan fingerprint density at radius 3 is 2.19 bits per heavy atom. The molecule has 2 atom stereocenters. The average Bonchev–Trinajstić information content (AvgIpc) is 2.62. The van der Waals surface area contributed by atoms with E-state index in [1.807, 2.05) is 6.92 Å². The summed E-state index contributed by atoms with van der Waals surface area (Å²) in [5.74, 6) is 0.399. The van der Waals surface area contributed by atoms with E-state index in [1.54, 1.807) is 52.1 Å². The second kappa shape index (κ2) is 10.7. The lowest BCUT2D eigenvalue weighted by Crippen LogP contribution is -2.51. The first-order chi connectivity index (χ1) is 14.5. The van der Waals surface area contributed by atoms with Crippen LogP contribution in [0, 0.1) is 0 Å². The number of amides is 2. The van der Waals surface area contributed by atoms with Crippen LogP contribution < -0.4 is 16.1 Å². The van der Waals surface area contributed by atoms with Crippen molar-refractivity contribution in [2.75, 3.05) is 7.11 Å². The van der Waals surface area contributed by atoms with Crippen molar-refractivity contribution in [2.45, 2.75) is 71.1 Å². The number of hydrogen-bond acceptors (Lipinski definition) is 6. The van der Waals surface area contributed by atoms with Gasteiger partial charge in [0, 0.05) is 6.42 Å². The molecule has 1 aromatic carbocycles. The van der Waals surface area contributed by atoms with Crippen molar-refractivity contribution in [1.29, 1.82) is 0 Å². The Kier molecular flexibility index (Phi) is 8.53. The summed E-state index contributed by atoms with van der Waals surface area (Å²) in [7, 11) is 0.0255. The Labute approximate surface area is 184 Å². The normalized spacial score (nSPS) is 15.3. The molecule has 31 heavy (non-hydrogen) atoms. The van der Waals surface area contributed by atoms with Crippen LogP contribution in [0.2, 0.25) is 0 Å². The monoisotopic (exact) mass is 432 g/mol. The van der Waals surface area contributed by atoms with Crippen molar-refractivity contribution in [3.05, 3.63) is 41.2 Å². The number of rotatable bonds is 8. The van der Waals surface area contributed by atoms with Crippen LogP contribution in [0.25, 0.3) is 0 Å². The number of carbonyl (C=O) groups is 2. The molecule has 2 rings (SSSR count). The smallest absolute Gasteiger partial charge is 0.488 e. The minimum atomic E-state index is -1.57. The van der Waals surface area contributed by atoms with Gasteiger partial charge in [-0.15, -0.1) is 0 Å². The first kappa shape index (κ1) is 24.8. The lowest BCUT2D eigenvalue weighted by atomic mass is 9.80. The third-order valence-corrected chi connectivity index (χ3v) is 5.00. The first-order valence-electron chi connectivity index (χ1n) is 10.5. The lowest BCUT2D eigenvalue weighted by molar-refractivity contribution is -0.123. The Morgan fingerprint density at radius 2 is 1.74 bits per heavy atom. The topological polar surface area (TPSA) is 117 Å². The van der Waals surface area contributed by atoms with Crippen molar-refractivity contribution in [2.24, 2.45) is 0 Å². The molecule has 0 spiro atoms. The van der Waals surface area contributed by atoms with Gasteiger partial charge in [0.15, 0.2) is 0 Å². The third-order valence-electron chi connectivity index (χ3n) is 5.00. The van der Waals surface area contributed by atoms with Crippen LogP contribution in [-0.2, 0) is 20.7 Å². The molecule has 1 aliphatic carbocycles. The number of alkyl carbamates (subject to hydrolysis) is 1. The van der Waals surface area contributed by atoms with Gasteiger partial charge in [-0.3, -0.25) is 4.79 Å². The summed E-state index contributed by atoms with van der Waals surface area (Å²) in [5.41, 5.74) is 1.59. The molecular weight excluding hydrogens is 399 g/mol. The molecular formula is C22H33BN2O6. The van der Waals surface area contributed by atoms with E-state index in [2.05, 4.69) is 10.6 Å². The Morgan fingerprint density at radius 1 is 1.13 bits per heavy atom. The van der Waals surface area contributed by atoms with Gasteiger partial charge in [0.2, 0.25) is 5.91 Å². The number of methoxy groups -OCH3 is 1. The van der Waals surface area contributed by atoms with E-state index in [0.717, 1.165) is 30.6 Å². The second-order valence-corrected chi connectivity index (χ2v) is 8.77. The first-order valence-corrected chi connectivity index (χ1v) is 10.5. The van der Waals surface area contributed by atoms with E-state index in [0.29, 0.717) is 5.46 Å². The molecule has 0 radical (unpaired) electrons. The van der Waals surface area contributed by atoms with Gasteiger partial charge in [-0.25, -0.2) is 4.79 Å². The molecule has 0 aromatic heterocycles. The minimum absolute atomic E-state index is 0.207. The average molecular weight is 432 g/mol. The van der Waals surface area contributed by atoms with Crippen LogP contribution in [0.5, 0.6) is 0 Å². The zero-order chi connectivity index (χ0) is 23.2. The molecule has 0 bridgehead atoms. The maximum atomic E-state index is 13.0. The molecule has 1 aliphatic rings. The van der Waals surface area contributed by atoms with E-state index >= 15 is 0 Å². The summed E-state index contributed by atoms with van der Waals surface area (Å²) in [6.07, 6.45) is 2.56. The van der Waals surface area contributed by atoms with Crippen LogP contribution in [0.15, 0.2) is 35.6 Å². The van der Waals surface area contributed by atoms with Gasteiger partial charge in [0.05, 0.1) is 13.2 Å². The number of hydrogen-bond donors (Lipinski definition) is 4. The molecule has 0 heterocycles. The second-order valence-electron chi connectivity index (χ2n) is 8.77. The quantitative estimate of drug-likeness (QED) is 0.365. The SMILES string of the molecule is COC(=C1CCC1)C(C)NC(=O)C(Cc1ccc(B(O)O)cc1)NC(=O)OC(C)(C)C. The number of carbonyl (C=O) groups excluding carboxylic acids is 2. The van der Waals surface area contributed by atoms with Crippen molar-refractivity contribution in [1.82, 2.24) is 10.6 Å². The number of benzene rings is 1. The molecule has 2 unspecified atom stereocenters. The van der Waals surface area contributed by atoms with Gasteiger partial charge in [-0.2, -0.15) is 0 Å². The van der Waals surface area contributed by atoms with Crippen molar-refractivity contribution in [3.63, 3.8) is 0 Å². The molecule has 1 saturated carbocycles. The number of ether oxygens (including phenoxy) is 2. The summed E-state index contributed by atoms with van der Waals surface area (Å²) >= 11 is 0. The molecule has 9 heteroatoms. The zero-order valence-electron chi connectivity index (χ0n) is 18.9. The number of nitrogens with one attached hydrogen (secondary N) is 2. The molecule has 4 N–H and O–H groups in total. The Bertz CT molecular complexity index is 795. The van der Waals surface area contributed by atoms with E-state index in [9.17, 15) is 19.6 Å². The van der Waals surface area contributed by atoms with Crippen LogP contribution in [0.3, 0.4) is 0 Å². The van der Waals surface area contributed by atoms with Crippen molar-refractivity contribution in [3.8, 4) is 0 Å². The Balaban J connectivity index is 2.15. The van der Waals surface area contributed by atoms with E-state index in [-0.39, 0.29) is 18.4 Å². The van der Waals surface area contributed by atoms with E-state index < -0.39 is 24.9 Å². The fourth-order valence-electron chi connectivity index (χ4n) is 3.33. The van der Waals surface area contributed by atoms with E-state index in [1.165, 1.54) is 5.57 Å². The summed E-state index contributed by atoms with van der Waals surface area (Å²) in [6, 6.07) is 5.29. The van der Waals surface area contributed by atoms with Gasteiger partial charge < -0.3 is 30.2 Å². The fourth-order valence-corrected chi connectivity index (χ4v) is 3.33. The highest BCUT2D eigenvalue weighted by molar-refractivity contribution is 6.58. The van der Waals surface area contributed by atoms with Gasteiger partial charge >= 0.3 is 13.2 Å². The highest BCUT2D eigenvalue weighted by Gasteiger charge is 2.28. The summed E-state index contributed by atoms with van der Waals surface area (Å²) in [6.45, 7) is 7.10. The number of allylic oxidation sites excluding steroid dienone is 1. The zero-order valence-corrected chi connectivity index (χ0v) is 18.9. The largest absolute Gasteiger partial charge is 0.499 e. The predicted octanol–water partition coefficient (Wildman–Crippen LogP) is 1.39. The van der Waals surface area contributed by atoms with Crippen molar-refractivity contribution >= 4 is 24.6 Å². The van der Waals surface area contributed by atoms with Gasteiger partial charge in [-0.1, -0.05) is 24.3 Å². The molecule has 8 nitrogen and oxygen atoms in total. The van der Waals surface area contributed by atoms with Gasteiger partial charge in [0.1, 0.15) is 17.4 Å². The summed E-state index contributed by atoms with van der Waals surface area (Å²) < 4.78 is 10.8. The lowest BCUT2D eigenvalue weighted by Gasteiger charge is -2.27. The van der Waals surface area contributed by atoms with Crippen molar-refractivity contribution < 1.29 is 29.1 Å². The third kappa shape index (κ3) is 7.59.